The van der Waals surface area contributed by atoms with Crippen molar-refractivity contribution in [1.82, 2.24) is 5.32 Å². The molecule has 0 saturated carbocycles. The van der Waals surface area contributed by atoms with Gasteiger partial charge in [-0.25, -0.2) is 0 Å². The summed E-state index contributed by atoms with van der Waals surface area (Å²) < 4.78 is 5.57. The highest BCUT2D eigenvalue weighted by Crippen LogP contribution is 2.26. The molecule has 0 aromatic heterocycles. The Bertz CT molecular complexity index is 430. The van der Waals surface area contributed by atoms with Crippen molar-refractivity contribution in [2.45, 2.75) is 24.8 Å². The molecule has 0 radical (unpaired) electrons. The van der Waals surface area contributed by atoms with E-state index < -0.39 is 11.5 Å². The van der Waals surface area contributed by atoms with Crippen molar-refractivity contribution in [2.24, 2.45) is 0 Å². The van der Waals surface area contributed by atoms with Gasteiger partial charge in [-0.3, -0.25) is 10.1 Å². The van der Waals surface area contributed by atoms with E-state index in [1.54, 1.807) is 18.2 Å². The van der Waals surface area contributed by atoms with Crippen LogP contribution in [0, 0.1) is 0 Å². The fraction of sp³-hybridized carbons (Fsp3) is 0.462. The third-order valence-electron chi connectivity index (χ3n) is 3.21. The Morgan fingerprint density at radius 3 is 2.83 bits per heavy atom. The second kappa shape index (κ2) is 5.59. The minimum atomic E-state index is -0.989. The van der Waals surface area contributed by atoms with Crippen LogP contribution in [0.4, 0.5) is 0 Å². The van der Waals surface area contributed by atoms with E-state index in [1.165, 1.54) is 0 Å². The predicted molar refractivity (Wildman–Crippen MR) is 69.2 cm³/mol. The lowest BCUT2D eigenvalue weighted by Crippen LogP contribution is -2.58. The average molecular weight is 270 g/mol. The van der Waals surface area contributed by atoms with Crippen molar-refractivity contribution >= 4 is 17.6 Å². The molecule has 0 bridgehead atoms. The minimum absolute atomic E-state index is 0.0894. The monoisotopic (exact) mass is 269 g/mol. The molecule has 98 valence electrons. The Hall–Kier alpha value is -1.26. The summed E-state index contributed by atoms with van der Waals surface area (Å²) in [7, 11) is 0. The molecule has 2 N–H and O–H groups in total. The molecule has 18 heavy (non-hydrogen) atoms. The second-order valence-electron chi connectivity index (χ2n) is 4.49. The second-order valence-corrected chi connectivity index (χ2v) is 4.90. The lowest BCUT2D eigenvalue weighted by Gasteiger charge is -2.34. The van der Waals surface area contributed by atoms with Gasteiger partial charge in [-0.05, 0) is 37.9 Å². The van der Waals surface area contributed by atoms with Gasteiger partial charge in [0.25, 0.3) is 0 Å². The van der Waals surface area contributed by atoms with Crippen LogP contribution in [-0.4, -0.2) is 29.8 Å². The van der Waals surface area contributed by atoms with Gasteiger partial charge in [-0.1, -0.05) is 23.7 Å². The number of halogens is 1. The average Bonchev–Trinajstić information content (AvgIpc) is 2.39. The van der Waals surface area contributed by atoms with Crippen molar-refractivity contribution in [2.75, 3.05) is 13.2 Å². The summed E-state index contributed by atoms with van der Waals surface area (Å²) in [5.41, 5.74) is -0.989. The van der Waals surface area contributed by atoms with Crippen LogP contribution in [0.2, 0.25) is 5.02 Å². The Morgan fingerprint density at radius 1 is 1.44 bits per heavy atom. The van der Waals surface area contributed by atoms with Crippen molar-refractivity contribution in [3.8, 4) is 5.75 Å². The van der Waals surface area contributed by atoms with Crippen LogP contribution in [0.1, 0.15) is 19.3 Å². The predicted octanol–water partition coefficient (Wildman–Crippen LogP) is 2.32. The quantitative estimate of drug-likeness (QED) is 0.881. The zero-order valence-electron chi connectivity index (χ0n) is 9.99. The molecule has 1 aromatic rings. The van der Waals surface area contributed by atoms with Crippen LogP contribution in [0.15, 0.2) is 24.3 Å². The number of hydrogen-bond acceptors (Lipinski definition) is 3. The maximum Gasteiger partial charge on any atom is 0.327 e. The zero-order valence-corrected chi connectivity index (χ0v) is 10.7. The molecule has 2 rings (SSSR count). The number of carboxylic acid groups (broad SMARTS) is 1. The molecule has 5 heteroatoms. The number of hydrogen-bond donors (Lipinski definition) is 2. The molecule has 1 saturated heterocycles. The first kappa shape index (κ1) is 13.2. The van der Waals surface area contributed by atoms with Gasteiger partial charge in [0, 0.05) is 0 Å². The van der Waals surface area contributed by atoms with Crippen molar-refractivity contribution < 1.29 is 14.6 Å². The molecule has 1 aliphatic heterocycles. The topological polar surface area (TPSA) is 58.6 Å². The summed E-state index contributed by atoms with van der Waals surface area (Å²) in [4.78, 5) is 11.4. The largest absolute Gasteiger partial charge is 0.489 e. The van der Waals surface area contributed by atoms with E-state index in [0.717, 1.165) is 12.8 Å². The highest BCUT2D eigenvalue weighted by atomic mass is 35.5. The number of ether oxygens (including phenoxy) is 1. The van der Waals surface area contributed by atoms with Gasteiger partial charge in [0.1, 0.15) is 12.4 Å². The number of benzene rings is 1. The highest BCUT2D eigenvalue weighted by Gasteiger charge is 2.40. The van der Waals surface area contributed by atoms with E-state index in [2.05, 4.69) is 5.32 Å². The Labute approximate surface area is 111 Å². The van der Waals surface area contributed by atoms with Gasteiger partial charge < -0.3 is 9.84 Å². The minimum Gasteiger partial charge on any atom is -0.489 e. The first-order chi connectivity index (χ1) is 8.64. The number of nitrogens with one attached hydrogen (secondary N) is 1. The number of carboxylic acids is 1. The van der Waals surface area contributed by atoms with E-state index >= 15 is 0 Å². The van der Waals surface area contributed by atoms with Crippen molar-refractivity contribution in [3.63, 3.8) is 0 Å². The van der Waals surface area contributed by atoms with Gasteiger partial charge in [0.2, 0.25) is 0 Å². The summed E-state index contributed by atoms with van der Waals surface area (Å²) in [6, 6.07) is 7.07. The van der Waals surface area contributed by atoms with Gasteiger partial charge in [0.05, 0.1) is 5.02 Å². The van der Waals surface area contributed by atoms with Gasteiger partial charge in [0.15, 0.2) is 5.54 Å². The number of rotatable bonds is 4. The third kappa shape index (κ3) is 2.76. The maximum atomic E-state index is 11.4. The van der Waals surface area contributed by atoms with Crippen LogP contribution < -0.4 is 10.1 Å². The van der Waals surface area contributed by atoms with E-state index in [1.807, 2.05) is 6.07 Å². The number of piperidine rings is 1. The maximum absolute atomic E-state index is 11.4. The van der Waals surface area contributed by atoms with Gasteiger partial charge in [-0.15, -0.1) is 0 Å². The number of aliphatic carboxylic acids is 1. The summed E-state index contributed by atoms with van der Waals surface area (Å²) in [6.07, 6.45) is 2.47. The highest BCUT2D eigenvalue weighted by molar-refractivity contribution is 6.32. The number of para-hydroxylation sites is 1. The standard InChI is InChI=1S/C13H16ClNO3/c14-10-5-1-2-6-11(10)18-9-13(12(16)17)7-3-4-8-15-13/h1-2,5-6,15H,3-4,7-9H2,(H,16,17). The molecule has 1 heterocycles. The van der Waals surface area contributed by atoms with E-state index in [4.69, 9.17) is 16.3 Å². The molecule has 0 aliphatic carbocycles. The molecule has 1 aliphatic rings. The molecule has 1 fully saturated rings. The van der Waals surface area contributed by atoms with E-state index in [-0.39, 0.29) is 6.61 Å². The Balaban J connectivity index is 2.06. The molecule has 1 atom stereocenters. The molecule has 0 amide bonds. The van der Waals surface area contributed by atoms with Crippen LogP contribution in [0.5, 0.6) is 5.75 Å². The van der Waals surface area contributed by atoms with E-state index in [0.29, 0.717) is 23.7 Å². The first-order valence-electron chi connectivity index (χ1n) is 6.00. The number of carbonyl (C=O) groups is 1. The lowest BCUT2D eigenvalue weighted by molar-refractivity contribution is -0.147. The molecular formula is C13H16ClNO3. The summed E-state index contributed by atoms with van der Waals surface area (Å²) in [5.74, 6) is -0.346. The fourth-order valence-corrected chi connectivity index (χ4v) is 2.29. The van der Waals surface area contributed by atoms with Gasteiger partial charge >= 0.3 is 5.97 Å². The zero-order chi connectivity index (χ0) is 13.0. The van der Waals surface area contributed by atoms with Crippen LogP contribution in [0.3, 0.4) is 0 Å². The SMILES string of the molecule is O=C(O)C1(COc2ccccc2Cl)CCCCN1. The molecule has 1 unspecified atom stereocenters. The molecular weight excluding hydrogens is 254 g/mol. The fourth-order valence-electron chi connectivity index (χ4n) is 2.10. The lowest BCUT2D eigenvalue weighted by atomic mass is 9.90. The van der Waals surface area contributed by atoms with Crippen molar-refractivity contribution in [3.05, 3.63) is 29.3 Å². The van der Waals surface area contributed by atoms with Crippen LogP contribution in [0.25, 0.3) is 0 Å². The van der Waals surface area contributed by atoms with Crippen LogP contribution >= 0.6 is 11.6 Å². The molecule has 0 spiro atoms. The Kier molecular flexibility index (Phi) is 4.09. The Morgan fingerprint density at radius 2 is 2.22 bits per heavy atom. The first-order valence-corrected chi connectivity index (χ1v) is 6.38. The molecule has 1 aromatic carbocycles. The summed E-state index contributed by atoms with van der Waals surface area (Å²) in [6.45, 7) is 0.796. The smallest absolute Gasteiger partial charge is 0.327 e. The summed E-state index contributed by atoms with van der Waals surface area (Å²) in [5, 5.41) is 12.9. The molecule has 4 nitrogen and oxygen atoms in total. The van der Waals surface area contributed by atoms with Crippen LogP contribution in [-0.2, 0) is 4.79 Å². The van der Waals surface area contributed by atoms with E-state index in [9.17, 15) is 9.90 Å². The summed E-state index contributed by atoms with van der Waals surface area (Å²) >= 11 is 5.97. The normalized spacial score (nSPS) is 23.6. The van der Waals surface area contributed by atoms with Crippen molar-refractivity contribution in [1.29, 1.82) is 0 Å². The van der Waals surface area contributed by atoms with Gasteiger partial charge in [-0.2, -0.15) is 0 Å². The third-order valence-corrected chi connectivity index (χ3v) is 3.53.